The van der Waals surface area contributed by atoms with Crippen molar-refractivity contribution < 1.29 is 14.9 Å². The highest BCUT2D eigenvalue weighted by molar-refractivity contribution is 5.36. The van der Waals surface area contributed by atoms with E-state index in [0.29, 0.717) is 18.6 Å². The Bertz CT molecular complexity index is 710. The van der Waals surface area contributed by atoms with Gasteiger partial charge < -0.3 is 14.9 Å². The first-order chi connectivity index (χ1) is 13.6. The van der Waals surface area contributed by atoms with E-state index in [1.54, 1.807) is 0 Å². The second kappa shape index (κ2) is 9.69. The number of fused-ring (bicyclic) bond motifs is 1. The van der Waals surface area contributed by atoms with Crippen LogP contribution in [0.4, 0.5) is 0 Å². The molecule has 152 valence electrons. The highest BCUT2D eigenvalue weighted by Gasteiger charge is 2.54. The quantitative estimate of drug-likeness (QED) is 0.487. The molecule has 0 aliphatic heterocycles. The molecule has 0 radical (unpaired) electrons. The number of rotatable bonds is 9. The Kier molecular flexibility index (Phi) is 7.29. The molecule has 0 saturated heterocycles. The molecule has 2 aliphatic rings. The summed E-state index contributed by atoms with van der Waals surface area (Å²) in [5.41, 5.74) is 0.831. The van der Waals surface area contributed by atoms with Crippen LogP contribution < -0.4 is 0 Å². The molecule has 0 aromatic heterocycles. The highest BCUT2D eigenvalue weighted by Crippen LogP contribution is 2.52. The summed E-state index contributed by atoms with van der Waals surface area (Å²) in [4.78, 5) is 0. The monoisotopic (exact) mass is 383 g/mol. The van der Waals surface area contributed by atoms with Crippen LogP contribution in [0.2, 0.25) is 0 Å². The fourth-order valence-electron chi connectivity index (χ4n) is 4.90. The van der Waals surface area contributed by atoms with Crippen molar-refractivity contribution in [2.24, 2.45) is 11.8 Å². The van der Waals surface area contributed by atoms with Crippen molar-refractivity contribution >= 4 is 0 Å². The van der Waals surface area contributed by atoms with Gasteiger partial charge in [-0.05, 0) is 43.2 Å². The van der Waals surface area contributed by atoms with E-state index < -0.39 is 11.7 Å². The van der Waals surface area contributed by atoms with Gasteiger partial charge in [0.15, 0.2) is 0 Å². The summed E-state index contributed by atoms with van der Waals surface area (Å²) in [5, 5.41) is 30.7. The molecule has 1 aromatic rings. The van der Waals surface area contributed by atoms with E-state index in [1.165, 1.54) is 0 Å². The fourth-order valence-corrected chi connectivity index (χ4v) is 4.90. The lowest BCUT2D eigenvalue weighted by atomic mass is 9.86. The van der Waals surface area contributed by atoms with Gasteiger partial charge >= 0.3 is 0 Å². The van der Waals surface area contributed by atoms with E-state index in [1.807, 2.05) is 36.4 Å². The second-order valence-electron chi connectivity index (χ2n) is 8.46. The second-order valence-corrected chi connectivity index (χ2v) is 8.46. The van der Waals surface area contributed by atoms with Crippen molar-refractivity contribution in [1.82, 2.24) is 0 Å². The predicted octanol–water partition coefficient (Wildman–Crippen LogP) is 4.49. The van der Waals surface area contributed by atoms with E-state index >= 15 is 0 Å². The van der Waals surface area contributed by atoms with E-state index in [4.69, 9.17) is 4.74 Å². The average Bonchev–Trinajstić information content (AvgIpc) is 3.18. The molecule has 0 spiro atoms. The van der Waals surface area contributed by atoms with E-state index in [0.717, 1.165) is 50.5 Å². The number of benzene rings is 1. The Morgan fingerprint density at radius 1 is 1.32 bits per heavy atom. The summed E-state index contributed by atoms with van der Waals surface area (Å²) < 4.78 is 6.09. The van der Waals surface area contributed by atoms with Crippen LogP contribution in [0.25, 0.3) is 0 Å². The molecule has 0 amide bonds. The molecule has 5 atom stereocenters. The van der Waals surface area contributed by atoms with Crippen molar-refractivity contribution in [1.29, 1.82) is 5.26 Å². The highest BCUT2D eigenvalue weighted by atomic mass is 16.5. The van der Waals surface area contributed by atoms with Crippen LogP contribution in [0.15, 0.2) is 36.4 Å². The summed E-state index contributed by atoms with van der Waals surface area (Å²) >= 11 is 0. The predicted molar refractivity (Wildman–Crippen MR) is 109 cm³/mol. The standard InChI is InChI=1S/C24H33NO3/c1-2-3-4-9-22(26)13-12-20-10-11-21-14-23(15-24(20,21)27)28-17-19-8-6-5-7-18(19)16-25/h5-8,12-13,20-23,26-27H,2-4,9-11,14-15,17H2,1H3/t20-,21-,22?,23?,24-/m1/s1. The molecule has 4 heteroatoms. The Hall–Kier alpha value is -1.67. The number of unbranched alkanes of at least 4 members (excludes halogenated alkanes) is 2. The molecular weight excluding hydrogens is 350 g/mol. The van der Waals surface area contributed by atoms with Gasteiger partial charge in [0.25, 0.3) is 0 Å². The number of hydrogen-bond donors (Lipinski definition) is 2. The van der Waals surface area contributed by atoms with Gasteiger partial charge in [0.1, 0.15) is 0 Å². The smallest absolute Gasteiger partial charge is 0.0995 e. The third kappa shape index (κ3) is 4.84. The van der Waals surface area contributed by atoms with E-state index in [2.05, 4.69) is 13.0 Å². The number of aliphatic hydroxyl groups is 2. The molecule has 4 nitrogen and oxygen atoms in total. The minimum absolute atomic E-state index is 0.0208. The minimum Gasteiger partial charge on any atom is -0.389 e. The Morgan fingerprint density at radius 3 is 2.93 bits per heavy atom. The molecule has 2 fully saturated rings. The van der Waals surface area contributed by atoms with Gasteiger partial charge in [-0.1, -0.05) is 56.5 Å². The summed E-state index contributed by atoms with van der Waals surface area (Å²) in [5.74, 6) is 0.355. The zero-order valence-electron chi connectivity index (χ0n) is 16.9. The zero-order valence-corrected chi connectivity index (χ0v) is 16.9. The molecular formula is C24H33NO3. The molecule has 2 N–H and O–H groups in total. The average molecular weight is 384 g/mol. The lowest BCUT2D eigenvalue weighted by Gasteiger charge is -2.28. The third-order valence-electron chi connectivity index (χ3n) is 6.56. The van der Waals surface area contributed by atoms with Crippen LogP contribution in [-0.2, 0) is 11.3 Å². The van der Waals surface area contributed by atoms with Crippen molar-refractivity contribution in [3.05, 3.63) is 47.5 Å². The number of ether oxygens (including phenoxy) is 1. The van der Waals surface area contributed by atoms with Crippen molar-refractivity contribution in [2.45, 2.75) is 82.7 Å². The Labute approximate surface area is 168 Å². The first kappa shape index (κ1) is 21.0. The molecule has 1 aromatic carbocycles. The first-order valence-electron chi connectivity index (χ1n) is 10.7. The van der Waals surface area contributed by atoms with Crippen LogP contribution in [0.1, 0.15) is 69.4 Å². The molecule has 3 rings (SSSR count). The lowest BCUT2D eigenvalue weighted by molar-refractivity contribution is -0.0239. The molecule has 2 aliphatic carbocycles. The van der Waals surface area contributed by atoms with Crippen molar-refractivity contribution in [3.63, 3.8) is 0 Å². The Balaban J connectivity index is 1.54. The molecule has 2 saturated carbocycles. The summed E-state index contributed by atoms with van der Waals surface area (Å²) in [6.45, 7) is 2.57. The fraction of sp³-hybridized carbons (Fsp3) is 0.625. The maximum absolute atomic E-state index is 11.3. The topological polar surface area (TPSA) is 73.5 Å². The van der Waals surface area contributed by atoms with Gasteiger partial charge in [-0.25, -0.2) is 0 Å². The summed E-state index contributed by atoms with van der Waals surface area (Å²) in [6.07, 6.45) is 11.2. The van der Waals surface area contributed by atoms with Crippen molar-refractivity contribution in [2.75, 3.05) is 0 Å². The third-order valence-corrected chi connectivity index (χ3v) is 6.56. The van der Waals surface area contributed by atoms with E-state index in [9.17, 15) is 15.5 Å². The SMILES string of the molecule is CCCCCC(O)C=C[C@H]1CC[C@@H]2CC(OCc3ccccc3C#N)C[C@]21O. The van der Waals surface area contributed by atoms with E-state index in [-0.39, 0.29) is 17.9 Å². The Morgan fingerprint density at radius 2 is 2.14 bits per heavy atom. The summed E-state index contributed by atoms with van der Waals surface area (Å²) in [7, 11) is 0. The number of nitriles is 1. The molecule has 0 heterocycles. The van der Waals surface area contributed by atoms with Gasteiger partial charge in [0.05, 0.1) is 36.0 Å². The van der Waals surface area contributed by atoms with Crippen LogP contribution in [-0.4, -0.2) is 28.0 Å². The maximum Gasteiger partial charge on any atom is 0.0995 e. The molecule has 28 heavy (non-hydrogen) atoms. The van der Waals surface area contributed by atoms with Gasteiger partial charge in [-0.2, -0.15) is 5.26 Å². The maximum atomic E-state index is 11.3. The first-order valence-corrected chi connectivity index (χ1v) is 10.7. The zero-order chi connectivity index (χ0) is 20.0. The van der Waals surface area contributed by atoms with Crippen LogP contribution in [0.3, 0.4) is 0 Å². The van der Waals surface area contributed by atoms with Gasteiger partial charge in [0, 0.05) is 12.3 Å². The number of aliphatic hydroxyl groups excluding tert-OH is 1. The normalized spacial score (nSPS) is 30.4. The van der Waals surface area contributed by atoms with Crippen LogP contribution >= 0.6 is 0 Å². The van der Waals surface area contributed by atoms with Gasteiger partial charge in [-0.3, -0.25) is 0 Å². The largest absolute Gasteiger partial charge is 0.389 e. The van der Waals surface area contributed by atoms with Gasteiger partial charge in [0.2, 0.25) is 0 Å². The molecule has 0 bridgehead atoms. The molecule has 2 unspecified atom stereocenters. The minimum atomic E-state index is -0.723. The lowest BCUT2D eigenvalue weighted by Crippen LogP contribution is -2.35. The number of hydrogen-bond acceptors (Lipinski definition) is 4. The van der Waals surface area contributed by atoms with Crippen LogP contribution in [0, 0.1) is 23.2 Å². The van der Waals surface area contributed by atoms with Crippen molar-refractivity contribution in [3.8, 4) is 6.07 Å². The number of nitrogens with zero attached hydrogens (tertiary/aromatic N) is 1. The van der Waals surface area contributed by atoms with Gasteiger partial charge in [-0.15, -0.1) is 0 Å². The summed E-state index contributed by atoms with van der Waals surface area (Å²) in [6, 6.07) is 9.72. The van der Waals surface area contributed by atoms with Crippen LogP contribution in [0.5, 0.6) is 0 Å².